The minimum atomic E-state index is -0.107. The highest BCUT2D eigenvalue weighted by molar-refractivity contribution is 5.84. The third kappa shape index (κ3) is 2.89. The Balaban J connectivity index is 2.17. The number of hydrogen-bond acceptors (Lipinski definition) is 3. The topological polar surface area (TPSA) is 41.6 Å². The van der Waals surface area contributed by atoms with Gasteiger partial charge in [-0.1, -0.05) is 25.5 Å². The van der Waals surface area contributed by atoms with Gasteiger partial charge in [0, 0.05) is 6.54 Å². The number of amides is 1. The Kier molecular flexibility index (Phi) is 4.43. The van der Waals surface area contributed by atoms with Crippen molar-refractivity contribution < 1.29 is 9.53 Å². The number of benzene rings is 1. The summed E-state index contributed by atoms with van der Waals surface area (Å²) in [4.78, 5) is 14.1. The van der Waals surface area contributed by atoms with Gasteiger partial charge in [-0.2, -0.15) is 0 Å². The summed E-state index contributed by atoms with van der Waals surface area (Å²) in [6.45, 7) is 4.87. The first-order valence-electron chi connectivity index (χ1n) is 6.88. The molecule has 2 unspecified atom stereocenters. The van der Waals surface area contributed by atoms with Crippen molar-refractivity contribution in [1.82, 2.24) is 10.2 Å². The van der Waals surface area contributed by atoms with Crippen LogP contribution in [0.1, 0.15) is 38.4 Å². The molecular formula is C15H22N2O2. The molecule has 1 aromatic rings. The Labute approximate surface area is 114 Å². The van der Waals surface area contributed by atoms with Crippen LogP contribution in [0.15, 0.2) is 24.3 Å². The number of nitrogens with zero attached hydrogens (tertiary/aromatic N) is 1. The van der Waals surface area contributed by atoms with E-state index in [9.17, 15) is 4.79 Å². The zero-order valence-electron chi connectivity index (χ0n) is 11.8. The maximum atomic E-state index is 12.2. The first kappa shape index (κ1) is 13.9. The van der Waals surface area contributed by atoms with Gasteiger partial charge in [-0.15, -0.1) is 0 Å². The number of carbonyl (C=O) groups is 1. The first-order valence-corrected chi connectivity index (χ1v) is 6.88. The van der Waals surface area contributed by atoms with E-state index in [1.54, 1.807) is 7.11 Å². The highest BCUT2D eigenvalue weighted by Crippen LogP contribution is 2.27. The molecule has 1 fully saturated rings. The van der Waals surface area contributed by atoms with Crippen molar-refractivity contribution in [2.24, 2.45) is 0 Å². The van der Waals surface area contributed by atoms with Gasteiger partial charge in [0.25, 0.3) is 0 Å². The van der Waals surface area contributed by atoms with E-state index in [-0.39, 0.29) is 18.1 Å². The highest BCUT2D eigenvalue weighted by atomic mass is 16.5. The number of nitrogens with one attached hydrogen (secondary N) is 1. The lowest BCUT2D eigenvalue weighted by molar-refractivity contribution is -0.129. The molecule has 1 aromatic carbocycles. The number of unbranched alkanes of at least 4 members (excludes halogenated alkanes) is 1. The van der Waals surface area contributed by atoms with Crippen LogP contribution in [0.25, 0.3) is 0 Å². The minimum Gasteiger partial charge on any atom is -0.497 e. The van der Waals surface area contributed by atoms with Gasteiger partial charge >= 0.3 is 0 Å². The van der Waals surface area contributed by atoms with Crippen molar-refractivity contribution in [1.29, 1.82) is 0 Å². The summed E-state index contributed by atoms with van der Waals surface area (Å²) >= 11 is 0. The molecule has 4 heteroatoms. The van der Waals surface area contributed by atoms with E-state index >= 15 is 0 Å². The van der Waals surface area contributed by atoms with Crippen molar-refractivity contribution >= 4 is 5.91 Å². The molecule has 1 aliphatic heterocycles. The number of ether oxygens (including phenoxy) is 1. The summed E-state index contributed by atoms with van der Waals surface area (Å²) in [7, 11) is 1.65. The monoisotopic (exact) mass is 262 g/mol. The van der Waals surface area contributed by atoms with Crippen LogP contribution in [-0.2, 0) is 4.79 Å². The standard InChI is InChI=1S/C15H22N2O2/c1-4-5-10-17-14(16-11(2)15(17)18)12-6-8-13(19-3)9-7-12/h6-9,11,14,16H,4-5,10H2,1-3H3. The summed E-state index contributed by atoms with van der Waals surface area (Å²) in [6, 6.07) is 7.79. The average molecular weight is 262 g/mol. The van der Waals surface area contributed by atoms with Crippen LogP contribution in [0.3, 0.4) is 0 Å². The second-order valence-electron chi connectivity index (χ2n) is 4.95. The van der Waals surface area contributed by atoms with E-state index < -0.39 is 0 Å². The third-order valence-corrected chi connectivity index (χ3v) is 3.56. The number of hydrogen-bond donors (Lipinski definition) is 1. The van der Waals surface area contributed by atoms with Gasteiger partial charge < -0.3 is 9.64 Å². The molecule has 1 amide bonds. The molecule has 1 heterocycles. The van der Waals surface area contributed by atoms with Crippen molar-refractivity contribution in [3.63, 3.8) is 0 Å². The molecule has 0 bridgehead atoms. The van der Waals surface area contributed by atoms with Gasteiger partial charge in [0.15, 0.2) is 0 Å². The van der Waals surface area contributed by atoms with Crippen molar-refractivity contribution in [3.05, 3.63) is 29.8 Å². The van der Waals surface area contributed by atoms with Gasteiger partial charge in [-0.3, -0.25) is 10.1 Å². The molecule has 2 atom stereocenters. The summed E-state index contributed by atoms with van der Waals surface area (Å²) in [5, 5.41) is 3.35. The molecule has 0 aromatic heterocycles. The molecule has 0 saturated carbocycles. The normalized spacial score (nSPS) is 22.9. The fraction of sp³-hybridized carbons (Fsp3) is 0.533. The Morgan fingerprint density at radius 2 is 2.00 bits per heavy atom. The number of methoxy groups -OCH3 is 1. The molecule has 1 saturated heterocycles. The van der Waals surface area contributed by atoms with Gasteiger partial charge in [0.1, 0.15) is 11.9 Å². The third-order valence-electron chi connectivity index (χ3n) is 3.56. The second kappa shape index (κ2) is 6.06. The van der Waals surface area contributed by atoms with E-state index in [1.807, 2.05) is 36.1 Å². The lowest BCUT2D eigenvalue weighted by Gasteiger charge is -2.24. The van der Waals surface area contributed by atoms with E-state index in [1.165, 1.54) is 0 Å². The second-order valence-corrected chi connectivity index (χ2v) is 4.95. The first-order chi connectivity index (χ1) is 9.17. The largest absolute Gasteiger partial charge is 0.497 e. The molecule has 4 nitrogen and oxygen atoms in total. The maximum Gasteiger partial charge on any atom is 0.241 e. The van der Waals surface area contributed by atoms with Crippen molar-refractivity contribution in [2.45, 2.75) is 38.9 Å². The zero-order chi connectivity index (χ0) is 13.8. The Bertz CT molecular complexity index is 430. The van der Waals surface area contributed by atoms with Crippen LogP contribution < -0.4 is 10.1 Å². The number of carbonyl (C=O) groups excluding carboxylic acids is 1. The fourth-order valence-electron chi connectivity index (χ4n) is 2.40. The van der Waals surface area contributed by atoms with Crippen LogP contribution in [0, 0.1) is 0 Å². The Hall–Kier alpha value is -1.55. The molecule has 0 spiro atoms. The summed E-state index contributed by atoms with van der Waals surface area (Å²) < 4.78 is 5.16. The maximum absolute atomic E-state index is 12.2. The Morgan fingerprint density at radius 3 is 2.58 bits per heavy atom. The molecular weight excluding hydrogens is 240 g/mol. The van der Waals surface area contributed by atoms with Gasteiger partial charge in [0.05, 0.1) is 13.2 Å². The van der Waals surface area contributed by atoms with E-state index in [2.05, 4.69) is 12.2 Å². The van der Waals surface area contributed by atoms with Crippen LogP contribution in [0.5, 0.6) is 5.75 Å². The van der Waals surface area contributed by atoms with Crippen molar-refractivity contribution in [3.8, 4) is 5.75 Å². The number of rotatable bonds is 5. The van der Waals surface area contributed by atoms with E-state index in [4.69, 9.17) is 4.74 Å². The lowest BCUT2D eigenvalue weighted by atomic mass is 10.1. The van der Waals surface area contributed by atoms with Crippen LogP contribution in [-0.4, -0.2) is 30.5 Å². The van der Waals surface area contributed by atoms with Gasteiger partial charge in [-0.25, -0.2) is 0 Å². The lowest BCUT2D eigenvalue weighted by Crippen LogP contribution is -2.31. The van der Waals surface area contributed by atoms with Crippen LogP contribution in [0.2, 0.25) is 0 Å². The average Bonchev–Trinajstić information content (AvgIpc) is 2.73. The molecule has 0 radical (unpaired) electrons. The van der Waals surface area contributed by atoms with Crippen LogP contribution >= 0.6 is 0 Å². The predicted molar refractivity (Wildman–Crippen MR) is 75.0 cm³/mol. The van der Waals surface area contributed by atoms with Gasteiger partial charge in [0.2, 0.25) is 5.91 Å². The molecule has 104 valence electrons. The fourth-order valence-corrected chi connectivity index (χ4v) is 2.40. The summed E-state index contributed by atoms with van der Waals surface area (Å²) in [6.07, 6.45) is 2.11. The summed E-state index contributed by atoms with van der Waals surface area (Å²) in [5.41, 5.74) is 1.11. The smallest absolute Gasteiger partial charge is 0.241 e. The quantitative estimate of drug-likeness (QED) is 0.885. The van der Waals surface area contributed by atoms with Gasteiger partial charge in [-0.05, 0) is 31.0 Å². The molecule has 1 aliphatic rings. The molecule has 19 heavy (non-hydrogen) atoms. The van der Waals surface area contributed by atoms with E-state index in [0.29, 0.717) is 0 Å². The zero-order valence-corrected chi connectivity index (χ0v) is 11.8. The van der Waals surface area contributed by atoms with Crippen LogP contribution in [0.4, 0.5) is 0 Å². The molecule has 1 N–H and O–H groups in total. The van der Waals surface area contributed by atoms with E-state index in [0.717, 1.165) is 30.7 Å². The Morgan fingerprint density at radius 1 is 1.32 bits per heavy atom. The predicted octanol–water partition coefficient (Wildman–Crippen LogP) is 2.31. The highest BCUT2D eigenvalue weighted by Gasteiger charge is 2.36. The molecule has 2 rings (SSSR count). The SMILES string of the molecule is CCCCN1C(=O)C(C)NC1c1ccc(OC)cc1. The van der Waals surface area contributed by atoms with Crippen molar-refractivity contribution in [2.75, 3.05) is 13.7 Å². The minimum absolute atomic E-state index is 0.0139. The molecule has 0 aliphatic carbocycles. The summed E-state index contributed by atoms with van der Waals surface area (Å²) in [5.74, 6) is 1.02.